The van der Waals surface area contributed by atoms with Gasteiger partial charge in [0, 0.05) is 64.6 Å². The smallest absolute Gasteiger partial charge is 0.160 e. The van der Waals surface area contributed by atoms with Crippen molar-refractivity contribution in [2.24, 2.45) is 0 Å². The first-order chi connectivity index (χ1) is 16.1. The molecular formula is C25H19ClFN5O. The highest BCUT2D eigenvalue weighted by Gasteiger charge is 2.14. The van der Waals surface area contributed by atoms with Gasteiger partial charge in [0.05, 0.1) is 25.0 Å². The van der Waals surface area contributed by atoms with E-state index in [-0.39, 0.29) is 0 Å². The molecule has 6 nitrogen and oxygen atoms in total. The van der Waals surface area contributed by atoms with Gasteiger partial charge in [-0.05, 0) is 48.0 Å². The van der Waals surface area contributed by atoms with Crippen molar-refractivity contribution in [3.8, 4) is 33.5 Å². The van der Waals surface area contributed by atoms with Crippen molar-refractivity contribution in [2.75, 3.05) is 13.7 Å². The quantitative estimate of drug-likeness (QED) is 0.327. The molecule has 0 aliphatic carbocycles. The lowest BCUT2D eigenvalue weighted by Crippen LogP contribution is -2.03. The molecule has 5 rings (SSSR count). The lowest BCUT2D eigenvalue weighted by molar-refractivity contribution is 0.183. The molecule has 164 valence electrons. The molecule has 8 heteroatoms. The van der Waals surface area contributed by atoms with E-state index in [2.05, 4.69) is 20.1 Å². The van der Waals surface area contributed by atoms with E-state index in [1.807, 2.05) is 35.1 Å². The van der Waals surface area contributed by atoms with Crippen LogP contribution in [0.4, 0.5) is 4.39 Å². The third-order valence-corrected chi connectivity index (χ3v) is 5.56. The molecule has 0 spiro atoms. The Morgan fingerprint density at radius 2 is 1.88 bits per heavy atom. The first-order valence-electron chi connectivity index (χ1n) is 10.3. The summed E-state index contributed by atoms with van der Waals surface area (Å²) < 4.78 is 21.6. The molecule has 4 heterocycles. The van der Waals surface area contributed by atoms with Gasteiger partial charge in [0.15, 0.2) is 5.65 Å². The first kappa shape index (κ1) is 21.2. The van der Waals surface area contributed by atoms with Gasteiger partial charge < -0.3 is 4.74 Å². The van der Waals surface area contributed by atoms with Gasteiger partial charge in [0.2, 0.25) is 0 Å². The van der Waals surface area contributed by atoms with Crippen LogP contribution in [0.2, 0.25) is 5.02 Å². The predicted octanol–water partition coefficient (Wildman–Crippen LogP) is 5.66. The topological polar surface area (TPSA) is 65.7 Å². The highest BCUT2D eigenvalue weighted by atomic mass is 35.5. The summed E-state index contributed by atoms with van der Waals surface area (Å²) in [5, 5.41) is 5.67. The number of halogens is 2. The number of pyridine rings is 3. The number of rotatable bonds is 6. The number of hydrogen-bond acceptors (Lipinski definition) is 5. The van der Waals surface area contributed by atoms with E-state index in [1.54, 1.807) is 38.0 Å². The zero-order chi connectivity index (χ0) is 22.8. The first-order valence-corrected chi connectivity index (χ1v) is 10.7. The summed E-state index contributed by atoms with van der Waals surface area (Å²) >= 11 is 6.13. The predicted molar refractivity (Wildman–Crippen MR) is 126 cm³/mol. The molecule has 1 aromatic carbocycles. The van der Waals surface area contributed by atoms with Crippen molar-refractivity contribution in [2.45, 2.75) is 6.54 Å². The summed E-state index contributed by atoms with van der Waals surface area (Å²) in [5.74, 6) is -0.400. The third kappa shape index (κ3) is 4.33. The van der Waals surface area contributed by atoms with Crippen molar-refractivity contribution >= 4 is 22.6 Å². The van der Waals surface area contributed by atoms with E-state index in [0.29, 0.717) is 35.1 Å². The number of hydrogen-bond donors (Lipinski definition) is 0. The Morgan fingerprint density at radius 3 is 2.76 bits per heavy atom. The minimum absolute atomic E-state index is 0.319. The number of methoxy groups -OCH3 is 1. The molecule has 0 N–H and O–H groups in total. The number of nitrogens with zero attached hydrogens (tertiary/aromatic N) is 5. The molecule has 0 amide bonds. The summed E-state index contributed by atoms with van der Waals surface area (Å²) in [5.41, 5.74) is 4.86. The van der Waals surface area contributed by atoms with Crippen LogP contribution in [-0.2, 0) is 11.3 Å². The molecule has 0 bridgehead atoms. The summed E-state index contributed by atoms with van der Waals surface area (Å²) in [4.78, 5) is 13.4. The molecule has 0 fully saturated rings. The van der Waals surface area contributed by atoms with Crippen LogP contribution in [0.3, 0.4) is 0 Å². The van der Waals surface area contributed by atoms with Gasteiger partial charge in [-0.25, -0.2) is 14.4 Å². The standard InChI is InChI=1S/C25H19ClFN5O/c1-33-8-7-32-15-18(14-30-32)16-9-17(13-28-12-16)21-11-24(22-10-19(26)4-5-23(22)27)31-25-20(21)3-2-6-29-25/h2-6,9-15H,7-8H2,1H3. The monoisotopic (exact) mass is 459 g/mol. The van der Waals surface area contributed by atoms with Gasteiger partial charge in [-0.15, -0.1) is 0 Å². The van der Waals surface area contributed by atoms with E-state index in [9.17, 15) is 4.39 Å². The van der Waals surface area contributed by atoms with Crippen LogP contribution in [0.15, 0.2) is 73.4 Å². The van der Waals surface area contributed by atoms with Crippen LogP contribution in [0.1, 0.15) is 0 Å². The van der Waals surface area contributed by atoms with Crippen molar-refractivity contribution in [1.82, 2.24) is 24.7 Å². The Morgan fingerprint density at radius 1 is 1.00 bits per heavy atom. The number of aromatic nitrogens is 5. The van der Waals surface area contributed by atoms with E-state index < -0.39 is 5.82 Å². The average Bonchev–Trinajstić information content (AvgIpc) is 3.33. The van der Waals surface area contributed by atoms with Gasteiger partial charge in [-0.1, -0.05) is 11.6 Å². The average molecular weight is 460 g/mol. The van der Waals surface area contributed by atoms with Crippen LogP contribution in [0.5, 0.6) is 0 Å². The molecule has 0 aliphatic heterocycles. The van der Waals surface area contributed by atoms with E-state index in [0.717, 1.165) is 27.6 Å². The second-order valence-corrected chi connectivity index (χ2v) is 7.94. The van der Waals surface area contributed by atoms with Crippen molar-refractivity contribution in [1.29, 1.82) is 0 Å². The molecule has 4 aromatic heterocycles. The van der Waals surface area contributed by atoms with Crippen LogP contribution in [-0.4, -0.2) is 38.4 Å². The molecule has 33 heavy (non-hydrogen) atoms. The maximum absolute atomic E-state index is 14.6. The fourth-order valence-electron chi connectivity index (χ4n) is 3.69. The fourth-order valence-corrected chi connectivity index (χ4v) is 3.86. The molecule has 5 aromatic rings. The summed E-state index contributed by atoms with van der Waals surface area (Å²) in [7, 11) is 1.66. The van der Waals surface area contributed by atoms with Crippen LogP contribution in [0, 0.1) is 5.82 Å². The Kier molecular flexibility index (Phi) is 5.81. The maximum atomic E-state index is 14.6. The normalized spacial score (nSPS) is 11.2. The van der Waals surface area contributed by atoms with E-state index in [1.165, 1.54) is 12.1 Å². The SMILES string of the molecule is COCCn1cc(-c2cncc(-c3cc(-c4cc(Cl)ccc4F)nc4ncccc34)c2)cn1. The molecule has 0 saturated carbocycles. The number of benzene rings is 1. The second kappa shape index (κ2) is 9.05. The van der Waals surface area contributed by atoms with Crippen LogP contribution < -0.4 is 0 Å². The van der Waals surface area contributed by atoms with E-state index >= 15 is 0 Å². The van der Waals surface area contributed by atoms with Gasteiger partial charge in [0.1, 0.15) is 5.82 Å². The zero-order valence-corrected chi connectivity index (χ0v) is 18.5. The third-order valence-electron chi connectivity index (χ3n) is 5.33. The van der Waals surface area contributed by atoms with Gasteiger partial charge in [0.25, 0.3) is 0 Å². The molecule has 0 unspecified atom stereocenters. The fraction of sp³-hybridized carbons (Fsp3) is 0.120. The van der Waals surface area contributed by atoms with Crippen LogP contribution >= 0.6 is 11.6 Å². The van der Waals surface area contributed by atoms with Gasteiger partial charge in [-0.2, -0.15) is 5.10 Å². The van der Waals surface area contributed by atoms with Crippen molar-refractivity contribution < 1.29 is 9.13 Å². The Hall–Kier alpha value is -3.68. The second-order valence-electron chi connectivity index (χ2n) is 7.50. The molecule has 0 atom stereocenters. The minimum atomic E-state index is -0.400. The van der Waals surface area contributed by atoms with E-state index in [4.69, 9.17) is 16.3 Å². The summed E-state index contributed by atoms with van der Waals surface area (Å²) in [6, 6.07) is 12.1. The molecule has 0 radical (unpaired) electrons. The summed E-state index contributed by atoms with van der Waals surface area (Å²) in [6.45, 7) is 1.25. The highest BCUT2D eigenvalue weighted by Crippen LogP contribution is 2.34. The minimum Gasteiger partial charge on any atom is -0.383 e. The maximum Gasteiger partial charge on any atom is 0.160 e. The Balaban J connectivity index is 1.63. The Labute approximate surface area is 194 Å². The van der Waals surface area contributed by atoms with Crippen molar-refractivity contribution in [3.63, 3.8) is 0 Å². The molecule has 0 aliphatic rings. The number of fused-ring (bicyclic) bond motifs is 1. The van der Waals surface area contributed by atoms with Gasteiger partial charge >= 0.3 is 0 Å². The number of ether oxygens (including phenoxy) is 1. The largest absolute Gasteiger partial charge is 0.383 e. The molecular weight excluding hydrogens is 441 g/mol. The van der Waals surface area contributed by atoms with Crippen LogP contribution in [0.25, 0.3) is 44.5 Å². The highest BCUT2D eigenvalue weighted by molar-refractivity contribution is 6.30. The van der Waals surface area contributed by atoms with Gasteiger partial charge in [-0.3, -0.25) is 9.67 Å². The Bertz CT molecular complexity index is 1450. The lowest BCUT2D eigenvalue weighted by atomic mass is 9.99. The lowest BCUT2D eigenvalue weighted by Gasteiger charge is -2.11. The zero-order valence-electron chi connectivity index (χ0n) is 17.7. The van der Waals surface area contributed by atoms with Crippen molar-refractivity contribution in [3.05, 3.63) is 84.3 Å². The molecule has 0 saturated heterocycles. The summed E-state index contributed by atoms with van der Waals surface area (Å²) in [6.07, 6.45) is 8.99.